The first kappa shape index (κ1) is 18.3. The van der Waals surface area contributed by atoms with Crippen LogP contribution < -0.4 is 5.32 Å². The van der Waals surface area contributed by atoms with Crippen molar-refractivity contribution < 1.29 is 9.18 Å². The Hall–Kier alpha value is -4.05. The van der Waals surface area contributed by atoms with Gasteiger partial charge in [0.25, 0.3) is 5.91 Å². The molecule has 0 aliphatic rings. The molecule has 4 rings (SSSR count). The fourth-order valence-electron chi connectivity index (χ4n) is 3.20. The lowest BCUT2D eigenvalue weighted by Crippen LogP contribution is -2.17. The summed E-state index contributed by atoms with van der Waals surface area (Å²) in [6.45, 7) is 3.92. The molecule has 0 saturated heterocycles. The Bertz CT molecular complexity index is 1300. The minimum Gasteiger partial charge on any atom is -0.305 e. The first-order valence-electron chi connectivity index (χ1n) is 8.91. The minimum absolute atomic E-state index is 0.123. The van der Waals surface area contributed by atoms with Crippen molar-refractivity contribution in [3.8, 4) is 11.9 Å². The summed E-state index contributed by atoms with van der Waals surface area (Å²) in [5.41, 5.74) is 2.82. The smallest absolute Gasteiger partial charge is 0.259 e. The summed E-state index contributed by atoms with van der Waals surface area (Å²) in [4.78, 5) is 17.3. The van der Waals surface area contributed by atoms with Crippen LogP contribution in [-0.4, -0.2) is 20.7 Å². The van der Waals surface area contributed by atoms with Crippen LogP contribution in [-0.2, 0) is 0 Å². The Morgan fingerprint density at radius 1 is 1.14 bits per heavy atom. The van der Waals surface area contributed by atoms with Gasteiger partial charge in [-0.3, -0.25) is 4.79 Å². The van der Waals surface area contributed by atoms with Crippen molar-refractivity contribution in [3.63, 3.8) is 0 Å². The van der Waals surface area contributed by atoms with Crippen LogP contribution in [0.4, 0.5) is 10.2 Å². The van der Waals surface area contributed by atoms with Gasteiger partial charge in [0.2, 0.25) is 0 Å². The number of nitrogens with one attached hydrogen (secondary N) is 1. The normalized spacial score (nSPS) is 10.7. The molecule has 7 heteroatoms. The van der Waals surface area contributed by atoms with E-state index in [1.807, 2.05) is 44.2 Å². The summed E-state index contributed by atoms with van der Waals surface area (Å²) in [5, 5.41) is 17.3. The van der Waals surface area contributed by atoms with E-state index in [9.17, 15) is 14.4 Å². The van der Waals surface area contributed by atoms with Crippen LogP contribution in [0.3, 0.4) is 0 Å². The van der Waals surface area contributed by atoms with Crippen molar-refractivity contribution in [1.29, 1.82) is 5.26 Å². The van der Waals surface area contributed by atoms with Gasteiger partial charge in [-0.2, -0.15) is 15.0 Å². The van der Waals surface area contributed by atoms with Gasteiger partial charge in [0.05, 0.1) is 17.3 Å². The zero-order valence-corrected chi connectivity index (χ0v) is 15.8. The molecule has 0 atom stereocenters. The summed E-state index contributed by atoms with van der Waals surface area (Å²) in [6.07, 6.45) is 1.34. The average Bonchev–Trinajstić information content (AvgIpc) is 3.11. The molecule has 142 valence electrons. The molecular weight excluding hydrogens is 369 g/mol. The van der Waals surface area contributed by atoms with Gasteiger partial charge in [-0.1, -0.05) is 30.3 Å². The molecule has 0 radical (unpaired) electrons. The number of benzene rings is 2. The number of aryl methyl sites for hydroxylation is 2. The van der Waals surface area contributed by atoms with Gasteiger partial charge in [0, 0.05) is 5.39 Å². The number of nitriles is 1. The van der Waals surface area contributed by atoms with Crippen molar-refractivity contribution in [3.05, 3.63) is 82.8 Å². The predicted octanol–water partition coefficient (Wildman–Crippen LogP) is 4.30. The highest BCUT2D eigenvalue weighted by molar-refractivity contribution is 6.04. The van der Waals surface area contributed by atoms with Crippen LogP contribution in [0.2, 0.25) is 0 Å². The molecule has 4 aromatic rings. The van der Waals surface area contributed by atoms with Crippen LogP contribution >= 0.6 is 0 Å². The average molecular weight is 385 g/mol. The van der Waals surface area contributed by atoms with E-state index >= 15 is 0 Å². The van der Waals surface area contributed by atoms with Crippen molar-refractivity contribution in [2.45, 2.75) is 13.8 Å². The van der Waals surface area contributed by atoms with Crippen LogP contribution in [0.15, 0.2) is 54.7 Å². The highest BCUT2D eigenvalue weighted by Crippen LogP contribution is 2.25. The topological polar surface area (TPSA) is 83.6 Å². The summed E-state index contributed by atoms with van der Waals surface area (Å²) < 4.78 is 15.4. The van der Waals surface area contributed by atoms with Gasteiger partial charge in [-0.05, 0) is 43.2 Å². The second kappa shape index (κ2) is 7.17. The molecule has 0 fully saturated rings. The lowest BCUT2D eigenvalue weighted by atomic mass is 10.1. The third-order valence-electron chi connectivity index (χ3n) is 4.69. The van der Waals surface area contributed by atoms with Crippen molar-refractivity contribution in [2.75, 3.05) is 5.32 Å². The highest BCUT2D eigenvalue weighted by atomic mass is 19.1. The Morgan fingerprint density at radius 2 is 1.93 bits per heavy atom. The van der Waals surface area contributed by atoms with E-state index in [1.54, 1.807) is 6.07 Å². The first-order chi connectivity index (χ1) is 14.0. The maximum absolute atomic E-state index is 14.0. The summed E-state index contributed by atoms with van der Waals surface area (Å²) >= 11 is 0. The zero-order valence-electron chi connectivity index (χ0n) is 15.8. The van der Waals surface area contributed by atoms with E-state index in [1.165, 1.54) is 29.1 Å². The van der Waals surface area contributed by atoms with Gasteiger partial charge in [-0.25, -0.2) is 9.37 Å². The molecule has 2 heterocycles. The van der Waals surface area contributed by atoms with Gasteiger partial charge in [0.1, 0.15) is 17.4 Å². The molecule has 0 spiro atoms. The second-order valence-electron chi connectivity index (χ2n) is 6.63. The first-order valence-corrected chi connectivity index (χ1v) is 8.91. The van der Waals surface area contributed by atoms with Crippen LogP contribution in [0.1, 0.15) is 27.0 Å². The molecule has 0 bridgehead atoms. The van der Waals surface area contributed by atoms with E-state index < -0.39 is 11.7 Å². The number of para-hydroxylation sites is 1. The minimum atomic E-state index is -0.671. The molecular formula is C22H16FN5O. The monoisotopic (exact) mass is 385 g/mol. The van der Waals surface area contributed by atoms with Crippen LogP contribution in [0, 0.1) is 31.0 Å². The summed E-state index contributed by atoms with van der Waals surface area (Å²) in [5.74, 6) is -0.727. The molecule has 6 nitrogen and oxygen atoms in total. The lowest BCUT2D eigenvalue weighted by Gasteiger charge is -2.12. The van der Waals surface area contributed by atoms with Gasteiger partial charge in [-0.15, -0.1) is 0 Å². The van der Waals surface area contributed by atoms with E-state index in [0.717, 1.165) is 22.0 Å². The third kappa shape index (κ3) is 3.21. The number of hydrogen-bond acceptors (Lipinski definition) is 4. The predicted molar refractivity (Wildman–Crippen MR) is 107 cm³/mol. The fourth-order valence-corrected chi connectivity index (χ4v) is 3.20. The second-order valence-corrected chi connectivity index (χ2v) is 6.63. The van der Waals surface area contributed by atoms with E-state index in [2.05, 4.69) is 15.4 Å². The fraction of sp³-hybridized carbons (Fsp3) is 0.0909. The number of nitrogens with zero attached hydrogens (tertiary/aromatic N) is 4. The number of carbonyl (C=O) groups is 1. The Kier molecular flexibility index (Phi) is 4.53. The molecule has 1 N–H and O–H groups in total. The number of rotatable bonds is 3. The highest BCUT2D eigenvalue weighted by Gasteiger charge is 2.19. The van der Waals surface area contributed by atoms with E-state index in [-0.39, 0.29) is 16.9 Å². The maximum Gasteiger partial charge on any atom is 0.259 e. The Balaban J connectivity index is 1.83. The van der Waals surface area contributed by atoms with Gasteiger partial charge in [0.15, 0.2) is 11.6 Å². The molecule has 2 aromatic heterocycles. The van der Waals surface area contributed by atoms with Crippen molar-refractivity contribution >= 4 is 22.6 Å². The van der Waals surface area contributed by atoms with Crippen LogP contribution in [0.25, 0.3) is 16.7 Å². The number of carbonyl (C=O) groups excluding carboxylic acids is 1. The number of fused-ring (bicyclic) bond motifs is 1. The maximum atomic E-state index is 14.0. The summed E-state index contributed by atoms with van der Waals surface area (Å²) in [7, 11) is 0. The van der Waals surface area contributed by atoms with Crippen molar-refractivity contribution in [2.24, 2.45) is 0 Å². The molecule has 2 aromatic carbocycles. The number of anilines is 1. The molecule has 0 aliphatic heterocycles. The standard InChI is InChI=1S/C22H16FN5O/c1-13-6-5-8-16-14(2)10-19(26-20(13)16)28-21(15(11-24)12-25-28)27-22(29)17-7-3-4-9-18(17)23/h3-10,12H,1-2H3,(H,27,29). The largest absolute Gasteiger partial charge is 0.305 e. The number of halogens is 1. The number of amides is 1. The van der Waals surface area contributed by atoms with Gasteiger partial charge >= 0.3 is 0 Å². The lowest BCUT2D eigenvalue weighted by molar-refractivity contribution is 0.102. The molecule has 0 unspecified atom stereocenters. The third-order valence-corrected chi connectivity index (χ3v) is 4.69. The van der Waals surface area contributed by atoms with Crippen LogP contribution in [0.5, 0.6) is 0 Å². The number of hydrogen-bond donors (Lipinski definition) is 1. The Morgan fingerprint density at radius 3 is 2.69 bits per heavy atom. The van der Waals surface area contributed by atoms with E-state index in [4.69, 9.17) is 0 Å². The Labute approximate surface area is 166 Å². The molecule has 29 heavy (non-hydrogen) atoms. The summed E-state index contributed by atoms with van der Waals surface area (Å²) in [6, 6.07) is 15.4. The zero-order chi connectivity index (χ0) is 20.5. The SMILES string of the molecule is Cc1cc(-n2ncc(C#N)c2NC(=O)c2ccccc2F)nc2c(C)cccc12. The van der Waals surface area contributed by atoms with Crippen molar-refractivity contribution in [1.82, 2.24) is 14.8 Å². The van der Waals surface area contributed by atoms with Gasteiger partial charge < -0.3 is 5.32 Å². The number of pyridine rings is 1. The molecule has 0 saturated carbocycles. The number of aromatic nitrogens is 3. The molecule has 1 amide bonds. The molecule has 0 aliphatic carbocycles. The quantitative estimate of drug-likeness (QED) is 0.570. The van der Waals surface area contributed by atoms with E-state index in [0.29, 0.717) is 5.82 Å².